The van der Waals surface area contributed by atoms with Crippen LogP contribution in [-0.2, 0) is 11.2 Å². The molecule has 0 aliphatic carbocycles. The third-order valence-corrected chi connectivity index (χ3v) is 4.77. The first-order chi connectivity index (χ1) is 12.6. The number of hydrogen-bond donors (Lipinski definition) is 1. The second kappa shape index (κ2) is 7.52. The number of aliphatic carboxylic acids is 1. The zero-order valence-corrected chi connectivity index (χ0v) is 15.2. The van der Waals surface area contributed by atoms with Crippen molar-refractivity contribution in [3.8, 4) is 11.5 Å². The van der Waals surface area contributed by atoms with Gasteiger partial charge in [-0.3, -0.25) is 0 Å². The molecule has 0 fully saturated rings. The summed E-state index contributed by atoms with van der Waals surface area (Å²) in [5.74, 6) is -0.406. The molecular formula is C21H22NO4-. The first-order valence-corrected chi connectivity index (χ1v) is 8.60. The molecule has 26 heavy (non-hydrogen) atoms. The summed E-state index contributed by atoms with van der Waals surface area (Å²) in [6, 6.07) is 11.6. The van der Waals surface area contributed by atoms with Crippen LogP contribution in [-0.4, -0.2) is 25.2 Å². The summed E-state index contributed by atoms with van der Waals surface area (Å²) < 4.78 is 10.9. The molecule has 0 amide bonds. The Balaban J connectivity index is 2.22. The fourth-order valence-corrected chi connectivity index (χ4v) is 3.56. The van der Waals surface area contributed by atoms with Crippen LogP contribution in [0.2, 0.25) is 0 Å². The van der Waals surface area contributed by atoms with Crippen molar-refractivity contribution in [3.05, 3.63) is 59.3 Å². The third-order valence-electron chi connectivity index (χ3n) is 4.77. The Hall–Kier alpha value is -2.95. The summed E-state index contributed by atoms with van der Waals surface area (Å²) in [5, 5.41) is 12.5. The first kappa shape index (κ1) is 17.9. The fourth-order valence-electron chi connectivity index (χ4n) is 3.56. The SMILES string of the molecule is CCc1cccc2c([C@H](CC(=O)[O-])c3cccc(OC)c3OC)c[nH]c12. The molecule has 5 heteroatoms. The van der Waals surface area contributed by atoms with E-state index in [0.29, 0.717) is 11.5 Å². The van der Waals surface area contributed by atoms with E-state index in [1.54, 1.807) is 20.3 Å². The van der Waals surface area contributed by atoms with Gasteiger partial charge in [-0.25, -0.2) is 0 Å². The molecular weight excluding hydrogens is 330 g/mol. The van der Waals surface area contributed by atoms with Gasteiger partial charge in [0.05, 0.1) is 14.2 Å². The normalized spacial score (nSPS) is 12.1. The number of carbonyl (C=O) groups excluding carboxylic acids is 1. The van der Waals surface area contributed by atoms with Gasteiger partial charge in [0, 0.05) is 34.6 Å². The maximum Gasteiger partial charge on any atom is 0.164 e. The van der Waals surface area contributed by atoms with Gasteiger partial charge in [-0.15, -0.1) is 0 Å². The average molecular weight is 352 g/mol. The number of carbonyl (C=O) groups is 1. The summed E-state index contributed by atoms with van der Waals surface area (Å²) in [5.41, 5.74) is 3.90. The highest BCUT2D eigenvalue weighted by molar-refractivity contribution is 5.88. The Morgan fingerprint density at radius 3 is 2.54 bits per heavy atom. The Kier molecular flexibility index (Phi) is 5.16. The number of H-pyrrole nitrogens is 1. The van der Waals surface area contributed by atoms with Crippen molar-refractivity contribution in [2.75, 3.05) is 14.2 Å². The molecule has 1 aromatic heterocycles. The minimum absolute atomic E-state index is 0.146. The Bertz CT molecular complexity index is 929. The highest BCUT2D eigenvalue weighted by atomic mass is 16.5. The standard InChI is InChI=1S/C21H23NO4/c1-4-13-7-5-8-14-17(12-22-20(13)14)16(11-19(23)24)15-9-6-10-18(25-2)21(15)26-3/h5-10,12,16,22H,4,11H2,1-3H3,(H,23,24)/p-1/t16-/m1/s1. The lowest BCUT2D eigenvalue weighted by atomic mass is 9.87. The summed E-state index contributed by atoms with van der Waals surface area (Å²) in [6.45, 7) is 2.10. The molecule has 2 aromatic carbocycles. The minimum Gasteiger partial charge on any atom is -0.550 e. The van der Waals surface area contributed by atoms with Gasteiger partial charge in [0.2, 0.25) is 0 Å². The molecule has 3 aromatic rings. The maximum absolute atomic E-state index is 11.5. The molecule has 1 heterocycles. The monoisotopic (exact) mass is 352 g/mol. The second-order valence-electron chi connectivity index (χ2n) is 6.15. The van der Waals surface area contributed by atoms with Crippen LogP contribution in [0.25, 0.3) is 10.9 Å². The molecule has 0 aliphatic heterocycles. The van der Waals surface area contributed by atoms with Crippen molar-refractivity contribution in [1.82, 2.24) is 4.98 Å². The highest BCUT2D eigenvalue weighted by Gasteiger charge is 2.24. The number of benzene rings is 2. The summed E-state index contributed by atoms with van der Waals surface area (Å²) >= 11 is 0. The molecule has 136 valence electrons. The van der Waals surface area contributed by atoms with Crippen LogP contribution in [0.3, 0.4) is 0 Å². The van der Waals surface area contributed by atoms with Gasteiger partial charge < -0.3 is 24.4 Å². The number of fused-ring (bicyclic) bond motifs is 1. The van der Waals surface area contributed by atoms with Gasteiger partial charge in [0.25, 0.3) is 0 Å². The zero-order chi connectivity index (χ0) is 18.7. The Labute approximate surface area is 152 Å². The molecule has 1 N–H and O–H groups in total. The number of methoxy groups -OCH3 is 2. The minimum atomic E-state index is -1.11. The summed E-state index contributed by atoms with van der Waals surface area (Å²) in [6.07, 6.45) is 2.63. The quantitative estimate of drug-likeness (QED) is 0.709. The van der Waals surface area contributed by atoms with Crippen LogP contribution in [0.5, 0.6) is 11.5 Å². The van der Waals surface area contributed by atoms with Crippen LogP contribution in [0, 0.1) is 0 Å². The fraction of sp³-hybridized carbons (Fsp3) is 0.286. The van der Waals surface area contributed by atoms with E-state index in [2.05, 4.69) is 18.0 Å². The van der Waals surface area contributed by atoms with E-state index in [1.165, 1.54) is 5.56 Å². The molecule has 5 nitrogen and oxygen atoms in total. The lowest BCUT2D eigenvalue weighted by Crippen LogP contribution is -2.25. The largest absolute Gasteiger partial charge is 0.550 e. The van der Waals surface area contributed by atoms with Crippen LogP contribution in [0.15, 0.2) is 42.6 Å². The number of ether oxygens (including phenoxy) is 2. The average Bonchev–Trinajstić information content (AvgIpc) is 3.09. The van der Waals surface area contributed by atoms with Crippen LogP contribution in [0.1, 0.15) is 36.0 Å². The summed E-state index contributed by atoms with van der Waals surface area (Å²) in [4.78, 5) is 14.8. The van der Waals surface area contributed by atoms with Crippen molar-refractivity contribution < 1.29 is 19.4 Å². The maximum atomic E-state index is 11.5. The van der Waals surface area contributed by atoms with E-state index in [-0.39, 0.29) is 6.42 Å². The lowest BCUT2D eigenvalue weighted by molar-refractivity contribution is -0.305. The number of para-hydroxylation sites is 2. The molecule has 0 saturated heterocycles. The van der Waals surface area contributed by atoms with E-state index in [0.717, 1.165) is 28.5 Å². The van der Waals surface area contributed by atoms with Crippen molar-refractivity contribution in [2.45, 2.75) is 25.7 Å². The van der Waals surface area contributed by atoms with Crippen molar-refractivity contribution >= 4 is 16.9 Å². The number of aromatic nitrogens is 1. The van der Waals surface area contributed by atoms with E-state index < -0.39 is 11.9 Å². The van der Waals surface area contributed by atoms with Crippen LogP contribution in [0.4, 0.5) is 0 Å². The second-order valence-corrected chi connectivity index (χ2v) is 6.15. The molecule has 1 atom stereocenters. The number of carboxylic acid groups (broad SMARTS) is 1. The van der Waals surface area contributed by atoms with E-state index in [9.17, 15) is 9.90 Å². The van der Waals surface area contributed by atoms with Crippen LogP contribution < -0.4 is 14.6 Å². The molecule has 0 saturated carbocycles. The van der Waals surface area contributed by atoms with Gasteiger partial charge in [-0.2, -0.15) is 0 Å². The van der Waals surface area contributed by atoms with E-state index in [4.69, 9.17) is 9.47 Å². The molecule has 0 radical (unpaired) electrons. The van der Waals surface area contributed by atoms with Gasteiger partial charge in [-0.05, 0) is 30.0 Å². The van der Waals surface area contributed by atoms with Gasteiger partial charge >= 0.3 is 0 Å². The predicted molar refractivity (Wildman–Crippen MR) is 98.7 cm³/mol. The van der Waals surface area contributed by atoms with Gasteiger partial charge in [0.15, 0.2) is 11.5 Å². The topological polar surface area (TPSA) is 74.4 Å². The van der Waals surface area contributed by atoms with Gasteiger partial charge in [-0.1, -0.05) is 37.3 Å². The van der Waals surface area contributed by atoms with Crippen molar-refractivity contribution in [1.29, 1.82) is 0 Å². The molecule has 0 bridgehead atoms. The molecule has 0 spiro atoms. The smallest absolute Gasteiger partial charge is 0.164 e. The molecule has 0 aliphatic rings. The molecule has 0 unspecified atom stereocenters. The van der Waals surface area contributed by atoms with Crippen LogP contribution >= 0.6 is 0 Å². The van der Waals surface area contributed by atoms with E-state index in [1.807, 2.05) is 30.5 Å². The predicted octanol–water partition coefficient (Wildman–Crippen LogP) is 3.02. The first-order valence-electron chi connectivity index (χ1n) is 8.60. The van der Waals surface area contributed by atoms with Gasteiger partial charge in [0.1, 0.15) is 0 Å². The highest BCUT2D eigenvalue weighted by Crippen LogP contribution is 2.42. The van der Waals surface area contributed by atoms with Crippen molar-refractivity contribution in [3.63, 3.8) is 0 Å². The zero-order valence-electron chi connectivity index (χ0n) is 15.2. The summed E-state index contributed by atoms with van der Waals surface area (Å²) in [7, 11) is 3.12. The number of hydrogen-bond acceptors (Lipinski definition) is 4. The number of aromatic amines is 1. The van der Waals surface area contributed by atoms with Crippen molar-refractivity contribution in [2.24, 2.45) is 0 Å². The molecule has 3 rings (SSSR count). The van der Waals surface area contributed by atoms with E-state index >= 15 is 0 Å². The third kappa shape index (κ3) is 3.12. The Morgan fingerprint density at radius 2 is 1.88 bits per heavy atom. The number of aryl methyl sites for hydroxylation is 1. The number of rotatable bonds is 7. The Morgan fingerprint density at radius 1 is 1.12 bits per heavy atom. The number of nitrogens with one attached hydrogen (secondary N) is 1. The number of carboxylic acids is 1. The lowest BCUT2D eigenvalue weighted by Gasteiger charge is -2.22.